The number of halogens is 3. The van der Waals surface area contributed by atoms with Crippen LogP contribution in [0.2, 0.25) is 0 Å². The second-order valence-corrected chi connectivity index (χ2v) is 5.71. The van der Waals surface area contributed by atoms with Gasteiger partial charge >= 0.3 is 6.18 Å². The first kappa shape index (κ1) is 14.2. The van der Waals surface area contributed by atoms with E-state index in [1.54, 1.807) is 36.0 Å². The van der Waals surface area contributed by atoms with E-state index in [0.717, 1.165) is 16.6 Å². The van der Waals surface area contributed by atoms with E-state index < -0.39 is 11.9 Å². The molecular formula is C12H11F3N2S2. The summed E-state index contributed by atoms with van der Waals surface area (Å²) < 4.78 is 36.7. The molecule has 0 saturated heterocycles. The van der Waals surface area contributed by atoms with Crippen molar-refractivity contribution >= 4 is 28.8 Å². The van der Waals surface area contributed by atoms with Gasteiger partial charge in [-0.15, -0.1) is 23.1 Å². The van der Waals surface area contributed by atoms with Crippen molar-refractivity contribution in [2.45, 2.75) is 17.6 Å². The summed E-state index contributed by atoms with van der Waals surface area (Å²) in [6, 6.07) is 6.99. The zero-order valence-electron chi connectivity index (χ0n) is 9.78. The van der Waals surface area contributed by atoms with Crippen molar-refractivity contribution < 1.29 is 13.2 Å². The Hall–Kier alpha value is -1.21. The van der Waals surface area contributed by atoms with E-state index in [1.807, 2.05) is 0 Å². The largest absolute Gasteiger partial charge is 0.398 e. The smallest absolute Gasteiger partial charge is 0.379 e. The number of anilines is 1. The summed E-state index contributed by atoms with van der Waals surface area (Å²) in [7, 11) is 0. The van der Waals surface area contributed by atoms with Gasteiger partial charge in [-0.3, -0.25) is 4.98 Å². The molecule has 0 atom stereocenters. The third-order valence-electron chi connectivity index (χ3n) is 2.21. The van der Waals surface area contributed by atoms with Gasteiger partial charge in [-0.25, -0.2) is 0 Å². The SMILES string of the molecule is FC(F)(F)CSc1ccccc1NCc1cncs1. The van der Waals surface area contributed by atoms with Crippen LogP contribution in [-0.4, -0.2) is 16.9 Å². The molecule has 1 aromatic heterocycles. The molecule has 0 aliphatic heterocycles. The van der Waals surface area contributed by atoms with Crippen LogP contribution in [-0.2, 0) is 6.54 Å². The lowest BCUT2D eigenvalue weighted by atomic mass is 10.3. The van der Waals surface area contributed by atoms with Crippen molar-refractivity contribution in [1.82, 2.24) is 4.98 Å². The van der Waals surface area contributed by atoms with Crippen molar-refractivity contribution in [3.8, 4) is 0 Å². The molecule has 0 amide bonds. The highest BCUT2D eigenvalue weighted by Crippen LogP contribution is 2.32. The fourth-order valence-electron chi connectivity index (χ4n) is 1.41. The molecule has 7 heteroatoms. The molecule has 1 heterocycles. The van der Waals surface area contributed by atoms with E-state index in [0.29, 0.717) is 17.1 Å². The third-order valence-corrected chi connectivity index (χ3v) is 4.13. The van der Waals surface area contributed by atoms with Crippen LogP contribution in [0.25, 0.3) is 0 Å². The summed E-state index contributed by atoms with van der Waals surface area (Å²) >= 11 is 2.30. The maximum Gasteiger partial charge on any atom is 0.398 e. The first-order chi connectivity index (χ1) is 9.04. The fourth-order valence-corrected chi connectivity index (χ4v) is 2.73. The summed E-state index contributed by atoms with van der Waals surface area (Å²) in [5, 5.41) is 3.13. The van der Waals surface area contributed by atoms with Crippen molar-refractivity contribution in [3.63, 3.8) is 0 Å². The molecule has 102 valence electrons. The quantitative estimate of drug-likeness (QED) is 0.828. The Morgan fingerprint density at radius 1 is 1.26 bits per heavy atom. The molecule has 0 saturated carbocycles. The average molecular weight is 304 g/mol. The molecule has 2 aromatic rings. The zero-order chi connectivity index (χ0) is 13.7. The lowest BCUT2D eigenvalue weighted by Crippen LogP contribution is -2.11. The Labute approximate surface area is 117 Å². The van der Waals surface area contributed by atoms with E-state index in [9.17, 15) is 13.2 Å². The second-order valence-electron chi connectivity index (χ2n) is 3.72. The van der Waals surface area contributed by atoms with Gasteiger partial charge in [-0.05, 0) is 12.1 Å². The second kappa shape index (κ2) is 6.29. The average Bonchev–Trinajstić information content (AvgIpc) is 2.87. The van der Waals surface area contributed by atoms with Gasteiger partial charge in [0, 0.05) is 21.7 Å². The highest BCUT2D eigenvalue weighted by Gasteiger charge is 2.27. The van der Waals surface area contributed by atoms with E-state index in [-0.39, 0.29) is 0 Å². The number of hydrogen-bond donors (Lipinski definition) is 1. The normalized spacial score (nSPS) is 11.5. The molecule has 0 aliphatic carbocycles. The number of thioether (sulfide) groups is 1. The minimum absolute atomic E-state index is 0.564. The fraction of sp³-hybridized carbons (Fsp3) is 0.250. The van der Waals surface area contributed by atoms with Crippen molar-refractivity contribution in [2.24, 2.45) is 0 Å². The molecule has 0 spiro atoms. The zero-order valence-corrected chi connectivity index (χ0v) is 11.4. The van der Waals surface area contributed by atoms with Crippen molar-refractivity contribution in [3.05, 3.63) is 40.8 Å². The molecule has 0 unspecified atom stereocenters. The number of thiazole rings is 1. The topological polar surface area (TPSA) is 24.9 Å². The highest BCUT2D eigenvalue weighted by molar-refractivity contribution is 7.99. The molecule has 1 aromatic carbocycles. The molecule has 2 rings (SSSR count). The van der Waals surface area contributed by atoms with Crippen LogP contribution in [0.5, 0.6) is 0 Å². The minimum Gasteiger partial charge on any atom is -0.379 e. The highest BCUT2D eigenvalue weighted by atomic mass is 32.2. The van der Waals surface area contributed by atoms with Gasteiger partial charge in [0.15, 0.2) is 0 Å². The predicted molar refractivity (Wildman–Crippen MR) is 72.7 cm³/mol. The number of aromatic nitrogens is 1. The molecule has 0 aliphatic rings. The van der Waals surface area contributed by atoms with Crippen LogP contribution in [0.1, 0.15) is 4.88 Å². The maximum absolute atomic E-state index is 12.2. The lowest BCUT2D eigenvalue weighted by Gasteiger charge is -2.12. The molecule has 0 radical (unpaired) electrons. The Balaban J connectivity index is 1.99. The Bertz CT molecular complexity index is 512. The van der Waals surface area contributed by atoms with E-state index in [4.69, 9.17) is 0 Å². The van der Waals surface area contributed by atoms with Gasteiger partial charge in [-0.2, -0.15) is 13.2 Å². The molecule has 0 bridgehead atoms. The summed E-state index contributed by atoms with van der Waals surface area (Å²) in [4.78, 5) is 5.59. The number of rotatable bonds is 5. The summed E-state index contributed by atoms with van der Waals surface area (Å²) in [5.41, 5.74) is 2.44. The first-order valence-corrected chi connectivity index (χ1v) is 7.31. The van der Waals surface area contributed by atoms with E-state index in [1.165, 1.54) is 11.3 Å². The molecular weight excluding hydrogens is 293 g/mol. The number of benzene rings is 1. The van der Waals surface area contributed by atoms with Crippen LogP contribution in [0.15, 0.2) is 40.9 Å². The van der Waals surface area contributed by atoms with Gasteiger partial charge in [0.2, 0.25) is 0 Å². The molecule has 2 nitrogen and oxygen atoms in total. The van der Waals surface area contributed by atoms with Crippen LogP contribution < -0.4 is 5.32 Å². The van der Waals surface area contributed by atoms with Gasteiger partial charge in [-0.1, -0.05) is 12.1 Å². The Morgan fingerprint density at radius 2 is 2.05 bits per heavy atom. The van der Waals surface area contributed by atoms with E-state index >= 15 is 0 Å². The third kappa shape index (κ3) is 4.76. The van der Waals surface area contributed by atoms with E-state index in [2.05, 4.69) is 10.3 Å². The van der Waals surface area contributed by atoms with Crippen LogP contribution in [0.3, 0.4) is 0 Å². The van der Waals surface area contributed by atoms with Gasteiger partial charge < -0.3 is 5.32 Å². The summed E-state index contributed by atoms with van der Waals surface area (Å²) in [6.45, 7) is 0.564. The lowest BCUT2D eigenvalue weighted by molar-refractivity contribution is -0.105. The number of nitrogens with zero attached hydrogens (tertiary/aromatic N) is 1. The van der Waals surface area contributed by atoms with Crippen LogP contribution >= 0.6 is 23.1 Å². The number of hydrogen-bond acceptors (Lipinski definition) is 4. The van der Waals surface area contributed by atoms with Gasteiger partial charge in [0.25, 0.3) is 0 Å². The van der Waals surface area contributed by atoms with Gasteiger partial charge in [0.05, 0.1) is 17.8 Å². The summed E-state index contributed by atoms with van der Waals surface area (Å²) in [6.07, 6.45) is -2.42. The first-order valence-electron chi connectivity index (χ1n) is 5.44. The Morgan fingerprint density at radius 3 is 2.74 bits per heavy atom. The predicted octanol–water partition coefficient (Wildman–Crippen LogP) is 4.41. The molecule has 0 fully saturated rings. The van der Waals surface area contributed by atoms with Crippen molar-refractivity contribution in [2.75, 3.05) is 11.1 Å². The van der Waals surface area contributed by atoms with Crippen LogP contribution in [0, 0.1) is 0 Å². The van der Waals surface area contributed by atoms with Crippen molar-refractivity contribution in [1.29, 1.82) is 0 Å². The Kier molecular flexibility index (Phi) is 4.71. The van der Waals surface area contributed by atoms with Crippen LogP contribution in [0.4, 0.5) is 18.9 Å². The maximum atomic E-state index is 12.2. The number of para-hydroxylation sites is 1. The minimum atomic E-state index is -4.16. The summed E-state index contributed by atoms with van der Waals surface area (Å²) in [5.74, 6) is -0.883. The molecule has 19 heavy (non-hydrogen) atoms. The number of alkyl halides is 3. The number of nitrogens with one attached hydrogen (secondary N) is 1. The monoisotopic (exact) mass is 304 g/mol. The van der Waals surface area contributed by atoms with Gasteiger partial charge in [0.1, 0.15) is 0 Å². The standard InChI is InChI=1S/C12H11F3N2S2/c13-12(14,15)7-18-11-4-2-1-3-10(11)17-6-9-5-16-8-19-9/h1-5,8,17H,6-7H2. The molecule has 1 N–H and O–H groups in total.